The summed E-state index contributed by atoms with van der Waals surface area (Å²) in [6.07, 6.45) is 7.56. The number of thiophene rings is 1. The van der Waals surface area contributed by atoms with E-state index in [9.17, 15) is 0 Å². The van der Waals surface area contributed by atoms with Crippen LogP contribution in [0.15, 0.2) is 48.4 Å². The number of nitrogens with one attached hydrogen (secondary N) is 1. The third kappa shape index (κ3) is 3.04. The average molecular weight is 298 g/mol. The molecule has 0 aromatic carbocycles. The van der Waals surface area contributed by atoms with Crippen molar-refractivity contribution in [3.63, 3.8) is 0 Å². The lowest BCUT2D eigenvalue weighted by Gasteiger charge is -2.18. The number of pyridine rings is 1. The van der Waals surface area contributed by atoms with Crippen LogP contribution >= 0.6 is 11.3 Å². The van der Waals surface area contributed by atoms with Gasteiger partial charge in [0.15, 0.2) is 0 Å². The van der Waals surface area contributed by atoms with Gasteiger partial charge in [0.25, 0.3) is 0 Å². The number of hydrogen-bond donors (Lipinski definition) is 1. The summed E-state index contributed by atoms with van der Waals surface area (Å²) in [5.74, 6) is 1.03. The summed E-state index contributed by atoms with van der Waals surface area (Å²) in [4.78, 5) is 9.92. The van der Waals surface area contributed by atoms with Crippen molar-refractivity contribution in [2.75, 3.05) is 0 Å². The molecule has 0 saturated carbocycles. The molecule has 1 atom stereocenters. The molecule has 0 radical (unpaired) electrons. The SMILES string of the molecule is Cc1cnccc1CNC(c1cccs1)c1nccn1C. The molecular weight excluding hydrogens is 280 g/mol. The van der Waals surface area contributed by atoms with E-state index in [0.29, 0.717) is 0 Å². The molecule has 0 saturated heterocycles. The predicted molar refractivity (Wildman–Crippen MR) is 85.2 cm³/mol. The minimum atomic E-state index is 0.109. The lowest BCUT2D eigenvalue weighted by molar-refractivity contribution is 0.564. The van der Waals surface area contributed by atoms with E-state index in [0.717, 1.165) is 12.4 Å². The molecule has 1 N–H and O–H groups in total. The topological polar surface area (TPSA) is 42.7 Å². The molecule has 0 bridgehead atoms. The molecule has 4 nitrogen and oxygen atoms in total. The van der Waals surface area contributed by atoms with Gasteiger partial charge in [-0.1, -0.05) is 6.07 Å². The highest BCUT2D eigenvalue weighted by Crippen LogP contribution is 2.25. The molecule has 21 heavy (non-hydrogen) atoms. The molecule has 3 heterocycles. The van der Waals surface area contributed by atoms with E-state index in [1.807, 2.05) is 31.8 Å². The van der Waals surface area contributed by atoms with E-state index in [-0.39, 0.29) is 6.04 Å². The lowest BCUT2D eigenvalue weighted by Crippen LogP contribution is -2.24. The van der Waals surface area contributed by atoms with Crippen LogP contribution in [0.25, 0.3) is 0 Å². The molecule has 3 aromatic rings. The van der Waals surface area contributed by atoms with Crippen LogP contribution < -0.4 is 5.32 Å². The maximum absolute atomic E-state index is 4.50. The van der Waals surface area contributed by atoms with Gasteiger partial charge in [-0.05, 0) is 35.6 Å². The normalized spacial score (nSPS) is 12.5. The van der Waals surface area contributed by atoms with Gasteiger partial charge < -0.3 is 4.57 Å². The Labute approximate surface area is 128 Å². The second-order valence-corrected chi connectivity index (χ2v) is 6.01. The number of aromatic nitrogens is 3. The molecule has 108 valence electrons. The Bertz CT molecular complexity index is 703. The summed E-state index contributed by atoms with van der Waals surface area (Å²) in [6.45, 7) is 2.88. The van der Waals surface area contributed by atoms with Crippen molar-refractivity contribution in [3.05, 3.63) is 70.2 Å². The monoisotopic (exact) mass is 298 g/mol. The number of aryl methyl sites for hydroxylation is 2. The summed E-state index contributed by atoms with van der Waals surface area (Å²) < 4.78 is 2.07. The highest BCUT2D eigenvalue weighted by Gasteiger charge is 2.18. The van der Waals surface area contributed by atoms with Crippen LogP contribution in [0.3, 0.4) is 0 Å². The fraction of sp³-hybridized carbons (Fsp3) is 0.250. The van der Waals surface area contributed by atoms with Crippen LogP contribution in [-0.2, 0) is 13.6 Å². The molecule has 0 aliphatic carbocycles. The van der Waals surface area contributed by atoms with Gasteiger partial charge in [-0.15, -0.1) is 11.3 Å². The third-order valence-electron chi connectivity index (χ3n) is 3.58. The Morgan fingerprint density at radius 3 is 2.90 bits per heavy atom. The molecule has 3 aromatic heterocycles. The Hall–Kier alpha value is -1.98. The molecule has 5 heteroatoms. The molecule has 0 amide bonds. The zero-order chi connectivity index (χ0) is 14.7. The van der Waals surface area contributed by atoms with Crippen molar-refractivity contribution in [3.8, 4) is 0 Å². The first-order valence-electron chi connectivity index (χ1n) is 6.89. The van der Waals surface area contributed by atoms with Gasteiger partial charge in [0.2, 0.25) is 0 Å². The summed E-state index contributed by atoms with van der Waals surface area (Å²) >= 11 is 1.75. The molecule has 0 fully saturated rings. The van der Waals surface area contributed by atoms with Gasteiger partial charge in [-0.2, -0.15) is 0 Å². The van der Waals surface area contributed by atoms with Gasteiger partial charge in [0.1, 0.15) is 11.9 Å². The number of hydrogen-bond acceptors (Lipinski definition) is 4. The van der Waals surface area contributed by atoms with Crippen molar-refractivity contribution in [1.82, 2.24) is 19.9 Å². The third-order valence-corrected chi connectivity index (χ3v) is 4.51. The summed E-state index contributed by atoms with van der Waals surface area (Å²) in [7, 11) is 2.03. The van der Waals surface area contributed by atoms with Gasteiger partial charge in [-0.25, -0.2) is 4.98 Å². The maximum Gasteiger partial charge on any atom is 0.131 e. The molecule has 0 aliphatic heterocycles. The summed E-state index contributed by atoms with van der Waals surface area (Å²) in [6, 6.07) is 6.40. The van der Waals surface area contributed by atoms with E-state index < -0.39 is 0 Å². The molecule has 3 rings (SSSR count). The van der Waals surface area contributed by atoms with E-state index in [4.69, 9.17) is 0 Å². The maximum atomic E-state index is 4.50. The quantitative estimate of drug-likeness (QED) is 0.787. The summed E-state index contributed by atoms with van der Waals surface area (Å²) in [5.41, 5.74) is 2.47. The Morgan fingerprint density at radius 1 is 1.33 bits per heavy atom. The Kier molecular flexibility index (Phi) is 4.13. The first kappa shape index (κ1) is 14.0. The second kappa shape index (κ2) is 6.20. The molecule has 0 spiro atoms. The van der Waals surface area contributed by atoms with Crippen LogP contribution in [-0.4, -0.2) is 14.5 Å². The molecular formula is C16H18N4S. The van der Waals surface area contributed by atoms with E-state index >= 15 is 0 Å². The van der Waals surface area contributed by atoms with Crippen LogP contribution in [0, 0.1) is 6.92 Å². The standard InChI is InChI=1S/C16H18N4S/c1-12-10-17-6-5-13(12)11-19-15(14-4-3-9-21-14)16-18-7-8-20(16)2/h3-10,15,19H,11H2,1-2H3. The van der Waals surface area contributed by atoms with Gasteiger partial charge in [-0.3, -0.25) is 10.3 Å². The largest absolute Gasteiger partial charge is 0.336 e. The number of nitrogens with zero attached hydrogens (tertiary/aromatic N) is 3. The van der Waals surface area contributed by atoms with Gasteiger partial charge in [0, 0.05) is 43.3 Å². The summed E-state index contributed by atoms with van der Waals surface area (Å²) in [5, 5.41) is 5.72. The smallest absolute Gasteiger partial charge is 0.131 e. The number of imidazole rings is 1. The molecule has 0 aliphatic rings. The van der Waals surface area contributed by atoms with Crippen molar-refractivity contribution in [2.24, 2.45) is 7.05 Å². The number of rotatable bonds is 5. The first-order chi connectivity index (χ1) is 10.3. The van der Waals surface area contributed by atoms with Crippen molar-refractivity contribution >= 4 is 11.3 Å². The minimum absolute atomic E-state index is 0.109. The van der Waals surface area contributed by atoms with Gasteiger partial charge in [0.05, 0.1) is 0 Å². The second-order valence-electron chi connectivity index (χ2n) is 5.03. The van der Waals surface area contributed by atoms with E-state index in [1.54, 1.807) is 11.3 Å². The predicted octanol–water partition coefficient (Wildman–Crippen LogP) is 3.06. The lowest BCUT2D eigenvalue weighted by atomic mass is 10.1. The van der Waals surface area contributed by atoms with Crippen molar-refractivity contribution in [2.45, 2.75) is 19.5 Å². The van der Waals surface area contributed by atoms with E-state index in [2.05, 4.69) is 50.4 Å². The van der Waals surface area contributed by atoms with Crippen LogP contribution in [0.5, 0.6) is 0 Å². The van der Waals surface area contributed by atoms with Crippen molar-refractivity contribution in [1.29, 1.82) is 0 Å². The van der Waals surface area contributed by atoms with Gasteiger partial charge >= 0.3 is 0 Å². The highest BCUT2D eigenvalue weighted by molar-refractivity contribution is 7.10. The zero-order valence-corrected chi connectivity index (χ0v) is 13.0. The fourth-order valence-corrected chi connectivity index (χ4v) is 3.14. The average Bonchev–Trinajstić information content (AvgIpc) is 3.14. The zero-order valence-electron chi connectivity index (χ0n) is 12.2. The van der Waals surface area contributed by atoms with E-state index in [1.165, 1.54) is 16.0 Å². The fourth-order valence-electron chi connectivity index (χ4n) is 2.34. The van der Waals surface area contributed by atoms with Crippen LogP contribution in [0.1, 0.15) is 27.9 Å². The van der Waals surface area contributed by atoms with Crippen LogP contribution in [0.4, 0.5) is 0 Å². The first-order valence-corrected chi connectivity index (χ1v) is 7.77. The Balaban J connectivity index is 1.84. The minimum Gasteiger partial charge on any atom is -0.336 e. The van der Waals surface area contributed by atoms with Crippen molar-refractivity contribution < 1.29 is 0 Å². The Morgan fingerprint density at radius 2 is 2.24 bits per heavy atom. The highest BCUT2D eigenvalue weighted by atomic mass is 32.1. The van der Waals surface area contributed by atoms with Crippen LogP contribution in [0.2, 0.25) is 0 Å². The molecule has 1 unspecified atom stereocenters.